The predicted octanol–water partition coefficient (Wildman–Crippen LogP) is 3.84. The highest BCUT2D eigenvalue weighted by Gasteiger charge is 2.49. The van der Waals surface area contributed by atoms with Gasteiger partial charge < -0.3 is 14.2 Å². The lowest BCUT2D eigenvalue weighted by molar-refractivity contribution is -0.341. The predicted molar refractivity (Wildman–Crippen MR) is 87.8 cm³/mol. The number of rotatable bonds is 3. The van der Waals surface area contributed by atoms with Gasteiger partial charge in [-0.2, -0.15) is 0 Å². The largest absolute Gasteiger partial charge is 0.497 e. The number of ketones is 1. The summed E-state index contributed by atoms with van der Waals surface area (Å²) in [6.45, 7) is 7.58. The van der Waals surface area contributed by atoms with E-state index in [0.29, 0.717) is 24.2 Å². The molecule has 23 heavy (non-hydrogen) atoms. The lowest BCUT2D eigenvalue weighted by atomic mass is 9.72. The zero-order chi connectivity index (χ0) is 16.4. The van der Waals surface area contributed by atoms with E-state index < -0.39 is 5.79 Å². The first-order valence-electron chi connectivity index (χ1n) is 9.15. The molecule has 1 spiro atoms. The van der Waals surface area contributed by atoms with E-state index in [2.05, 4.69) is 20.8 Å². The fourth-order valence-corrected chi connectivity index (χ4v) is 4.47. The summed E-state index contributed by atoms with van der Waals surface area (Å²) in [4.78, 5) is 11.6. The van der Waals surface area contributed by atoms with Gasteiger partial charge in [-0.1, -0.05) is 27.2 Å². The van der Waals surface area contributed by atoms with Gasteiger partial charge in [0, 0.05) is 31.3 Å². The number of hydrogen-bond donors (Lipinski definition) is 0. The Morgan fingerprint density at radius 3 is 2.83 bits per heavy atom. The van der Waals surface area contributed by atoms with Crippen molar-refractivity contribution < 1.29 is 19.0 Å². The fourth-order valence-electron chi connectivity index (χ4n) is 4.47. The van der Waals surface area contributed by atoms with Gasteiger partial charge in [0.2, 0.25) is 0 Å². The lowest BCUT2D eigenvalue weighted by Crippen LogP contribution is -2.55. The maximum atomic E-state index is 11.6. The van der Waals surface area contributed by atoms with Crippen LogP contribution in [0.4, 0.5) is 0 Å². The molecule has 1 aliphatic carbocycles. The van der Waals surface area contributed by atoms with Crippen molar-refractivity contribution in [2.45, 2.75) is 77.3 Å². The lowest BCUT2D eigenvalue weighted by Gasteiger charge is -2.51. The first-order chi connectivity index (χ1) is 11.0. The summed E-state index contributed by atoms with van der Waals surface area (Å²) in [5, 5.41) is 0. The van der Waals surface area contributed by atoms with Crippen LogP contribution in [0.5, 0.6) is 0 Å². The number of carbonyl (C=O) groups excluding carboxylic acids is 1. The number of carbonyl (C=O) groups is 1. The molecule has 4 heteroatoms. The Kier molecular flexibility index (Phi) is 5.12. The van der Waals surface area contributed by atoms with Crippen LogP contribution in [0.25, 0.3) is 0 Å². The minimum absolute atomic E-state index is 0.0498. The normalized spacial score (nSPS) is 41.3. The quantitative estimate of drug-likeness (QED) is 0.792. The first-order valence-corrected chi connectivity index (χ1v) is 9.15. The Labute approximate surface area is 139 Å². The van der Waals surface area contributed by atoms with Crippen LogP contribution < -0.4 is 0 Å². The Hall–Kier alpha value is -0.870. The van der Waals surface area contributed by atoms with Crippen LogP contribution in [0.1, 0.15) is 59.3 Å². The maximum absolute atomic E-state index is 11.6. The molecule has 0 N–H and O–H groups in total. The Bertz CT molecular complexity index is 458. The van der Waals surface area contributed by atoms with Gasteiger partial charge in [0.25, 0.3) is 0 Å². The highest BCUT2D eigenvalue weighted by molar-refractivity contribution is 5.90. The van der Waals surface area contributed by atoms with Crippen LogP contribution in [-0.2, 0) is 19.0 Å². The molecule has 4 nitrogen and oxygen atoms in total. The second-order valence-corrected chi connectivity index (χ2v) is 7.89. The minimum atomic E-state index is -0.427. The SMILES string of the molecule is CC(C)[C@@H]1CC[C@@H](C)C[C@@]12OCC[C@@H](C[C@H]1CC(=O)C=CO1)O2. The van der Waals surface area contributed by atoms with Gasteiger partial charge in [-0.15, -0.1) is 0 Å². The standard InChI is InChI=1S/C19H30O4/c1-13(2)18-5-4-14(3)12-19(18)22-9-7-16(23-19)11-17-10-15(20)6-8-21-17/h6,8,13-14,16-18H,4-5,7,9-12H2,1-3H3/t14-,16+,17-,18+,19+/m1/s1. The van der Waals surface area contributed by atoms with E-state index in [9.17, 15) is 4.79 Å². The van der Waals surface area contributed by atoms with E-state index in [1.807, 2.05) is 0 Å². The fraction of sp³-hybridized carbons (Fsp3) is 0.842. The smallest absolute Gasteiger partial charge is 0.171 e. The Balaban J connectivity index is 1.68. The van der Waals surface area contributed by atoms with Gasteiger partial charge in [0.15, 0.2) is 11.6 Å². The van der Waals surface area contributed by atoms with Crippen molar-refractivity contribution in [3.8, 4) is 0 Å². The summed E-state index contributed by atoms with van der Waals surface area (Å²) in [5.41, 5.74) is 0. The molecule has 0 radical (unpaired) electrons. The van der Waals surface area contributed by atoms with Crippen LogP contribution in [0.15, 0.2) is 12.3 Å². The maximum Gasteiger partial charge on any atom is 0.171 e. The van der Waals surface area contributed by atoms with E-state index in [-0.39, 0.29) is 18.0 Å². The molecule has 130 valence electrons. The van der Waals surface area contributed by atoms with Crippen molar-refractivity contribution in [3.05, 3.63) is 12.3 Å². The molecule has 1 saturated carbocycles. The number of ether oxygens (including phenoxy) is 3. The van der Waals surface area contributed by atoms with Gasteiger partial charge in [-0.05, 0) is 24.7 Å². The molecule has 2 fully saturated rings. The molecule has 3 aliphatic rings. The summed E-state index contributed by atoms with van der Waals surface area (Å²) < 4.78 is 18.4. The van der Waals surface area contributed by atoms with Crippen LogP contribution in [0.3, 0.4) is 0 Å². The number of allylic oxidation sites excluding steroid dienone is 1. The van der Waals surface area contributed by atoms with Crippen molar-refractivity contribution in [2.24, 2.45) is 17.8 Å². The summed E-state index contributed by atoms with van der Waals surface area (Å²) in [6, 6.07) is 0. The molecule has 0 bridgehead atoms. The van der Waals surface area contributed by atoms with Gasteiger partial charge >= 0.3 is 0 Å². The topological polar surface area (TPSA) is 44.8 Å². The monoisotopic (exact) mass is 322 g/mol. The average Bonchev–Trinajstić information content (AvgIpc) is 2.46. The van der Waals surface area contributed by atoms with E-state index in [1.165, 1.54) is 25.2 Å². The van der Waals surface area contributed by atoms with Crippen LogP contribution in [0.2, 0.25) is 0 Å². The summed E-state index contributed by atoms with van der Waals surface area (Å²) in [6.07, 6.45) is 8.67. The summed E-state index contributed by atoms with van der Waals surface area (Å²) in [7, 11) is 0. The van der Waals surface area contributed by atoms with E-state index >= 15 is 0 Å². The van der Waals surface area contributed by atoms with Crippen molar-refractivity contribution in [3.63, 3.8) is 0 Å². The first kappa shape index (κ1) is 17.0. The summed E-state index contributed by atoms with van der Waals surface area (Å²) >= 11 is 0. The minimum Gasteiger partial charge on any atom is -0.497 e. The van der Waals surface area contributed by atoms with Gasteiger partial charge in [-0.25, -0.2) is 0 Å². The third-order valence-corrected chi connectivity index (χ3v) is 5.61. The van der Waals surface area contributed by atoms with E-state index in [4.69, 9.17) is 14.2 Å². The molecule has 2 heterocycles. The van der Waals surface area contributed by atoms with E-state index in [0.717, 1.165) is 25.9 Å². The van der Waals surface area contributed by atoms with Crippen LogP contribution >= 0.6 is 0 Å². The molecule has 1 saturated heterocycles. The van der Waals surface area contributed by atoms with E-state index in [1.54, 1.807) is 0 Å². The molecule has 0 amide bonds. The molecule has 3 rings (SSSR count). The van der Waals surface area contributed by atoms with Crippen molar-refractivity contribution in [2.75, 3.05) is 6.61 Å². The molecule has 0 aromatic carbocycles. The molecule has 2 aliphatic heterocycles. The molecule has 0 aromatic rings. The second kappa shape index (κ2) is 6.94. The van der Waals surface area contributed by atoms with Crippen molar-refractivity contribution >= 4 is 5.78 Å². The Morgan fingerprint density at radius 1 is 1.26 bits per heavy atom. The third kappa shape index (κ3) is 3.80. The Morgan fingerprint density at radius 2 is 2.09 bits per heavy atom. The highest BCUT2D eigenvalue weighted by atomic mass is 16.7. The van der Waals surface area contributed by atoms with Gasteiger partial charge in [0.05, 0.1) is 19.0 Å². The zero-order valence-electron chi connectivity index (χ0n) is 14.6. The van der Waals surface area contributed by atoms with Crippen LogP contribution in [0, 0.1) is 17.8 Å². The van der Waals surface area contributed by atoms with Crippen molar-refractivity contribution in [1.29, 1.82) is 0 Å². The summed E-state index contributed by atoms with van der Waals surface area (Å²) in [5.74, 6) is 1.36. The highest BCUT2D eigenvalue weighted by Crippen LogP contribution is 2.47. The average molecular weight is 322 g/mol. The molecule has 5 atom stereocenters. The second-order valence-electron chi connectivity index (χ2n) is 7.89. The third-order valence-electron chi connectivity index (χ3n) is 5.61. The zero-order valence-corrected chi connectivity index (χ0v) is 14.6. The van der Waals surface area contributed by atoms with Crippen molar-refractivity contribution in [1.82, 2.24) is 0 Å². The molecule has 0 aromatic heterocycles. The number of hydrogen-bond acceptors (Lipinski definition) is 4. The van der Waals surface area contributed by atoms with Gasteiger partial charge in [-0.3, -0.25) is 4.79 Å². The molecule has 0 unspecified atom stereocenters. The molecular formula is C19H30O4. The molecular weight excluding hydrogens is 292 g/mol. The van der Waals surface area contributed by atoms with Crippen LogP contribution in [-0.4, -0.2) is 30.4 Å². The van der Waals surface area contributed by atoms with Gasteiger partial charge in [0.1, 0.15) is 6.10 Å².